The number of nitrogens with zero attached hydrogens (tertiary/aromatic N) is 1. The minimum absolute atomic E-state index is 0.0264. The number of guanidine groups is 1. The number of hydrogen-bond acceptors (Lipinski definition) is 11. The fourth-order valence-electron chi connectivity index (χ4n) is 17.3. The maximum absolute atomic E-state index is 15.2. The number of nitrogens with two attached hydrogens (primary N) is 1. The van der Waals surface area contributed by atoms with Gasteiger partial charge in [-0.2, -0.15) is 0 Å². The zero-order valence-corrected chi connectivity index (χ0v) is 44.8. The summed E-state index contributed by atoms with van der Waals surface area (Å²) in [4.78, 5) is 49.6. The number of aliphatic hydroxyl groups excluding tert-OH is 3. The fourth-order valence-corrected chi connectivity index (χ4v) is 17.3. The molecule has 0 unspecified atom stereocenters. The highest BCUT2D eigenvalue weighted by Crippen LogP contribution is 2.72. The molecule has 406 valence electrons. The number of Topliss-reactive ketones (excluding diaryl/α,β-unsaturated/α-hetero) is 2. The van der Waals surface area contributed by atoms with Gasteiger partial charge in [-0.25, -0.2) is 4.99 Å². The minimum Gasteiger partial charge on any atom is -0.465 e. The van der Waals surface area contributed by atoms with Gasteiger partial charge in [0.2, 0.25) is 0 Å². The molecular weight excluding hydrogens is 947 g/mol. The number of aromatic nitrogens is 1. The van der Waals surface area contributed by atoms with Crippen LogP contribution in [0.3, 0.4) is 0 Å². The minimum atomic E-state index is -1.79. The molecule has 0 spiro atoms. The molecule has 0 radical (unpaired) electrons. The number of esters is 1. The average Bonchev–Trinajstić information content (AvgIpc) is 4.17. The summed E-state index contributed by atoms with van der Waals surface area (Å²) in [5, 5.41) is 70.1. The van der Waals surface area contributed by atoms with Crippen molar-refractivity contribution in [2.45, 2.75) is 160 Å². The van der Waals surface area contributed by atoms with Crippen LogP contribution in [0.15, 0.2) is 76.7 Å². The zero-order chi connectivity index (χ0) is 53.2. The number of benzene rings is 1. The van der Waals surface area contributed by atoms with Crippen molar-refractivity contribution in [1.82, 2.24) is 15.6 Å². The van der Waals surface area contributed by atoms with E-state index in [1.54, 1.807) is 6.92 Å². The van der Waals surface area contributed by atoms with Crippen LogP contribution in [-0.2, 0) is 25.7 Å². The van der Waals surface area contributed by atoms with Gasteiger partial charge in [0.1, 0.15) is 5.78 Å². The third-order valence-corrected chi connectivity index (χ3v) is 21.0. The molecule has 1 saturated heterocycles. The number of hydrogen-bond donors (Lipinski definition) is 9. The molecule has 2 aromatic rings. The van der Waals surface area contributed by atoms with Gasteiger partial charge in [0, 0.05) is 54.4 Å². The van der Waals surface area contributed by atoms with Gasteiger partial charge in [0.15, 0.2) is 11.7 Å². The summed E-state index contributed by atoms with van der Waals surface area (Å²) in [6.45, 7) is 10.4. The van der Waals surface area contributed by atoms with Gasteiger partial charge in [-0.1, -0.05) is 68.7 Å². The van der Waals surface area contributed by atoms with Crippen LogP contribution in [0.1, 0.15) is 135 Å². The third-order valence-electron chi connectivity index (χ3n) is 21.0. The summed E-state index contributed by atoms with van der Waals surface area (Å²) < 4.78 is 5.94. The summed E-state index contributed by atoms with van der Waals surface area (Å²) in [6, 6.07) is 11.7. The molecule has 10 N–H and O–H groups in total. The van der Waals surface area contributed by atoms with Crippen LogP contribution < -0.4 is 16.4 Å². The number of carbonyl (C=O) groups excluding carboxylic acids is 3. The largest absolute Gasteiger partial charge is 0.465 e. The van der Waals surface area contributed by atoms with E-state index in [1.165, 1.54) is 12.5 Å². The summed E-state index contributed by atoms with van der Waals surface area (Å²) in [5.41, 5.74) is 5.02. The second kappa shape index (κ2) is 20.9. The first-order valence-electron chi connectivity index (χ1n) is 28.3. The highest BCUT2D eigenvalue weighted by molar-refractivity contribution is 6.00. The number of H-pyrrole nitrogens is 1. The van der Waals surface area contributed by atoms with Gasteiger partial charge < -0.3 is 51.6 Å². The van der Waals surface area contributed by atoms with Gasteiger partial charge in [-0.15, -0.1) is 5.92 Å². The predicted molar refractivity (Wildman–Crippen MR) is 285 cm³/mol. The van der Waals surface area contributed by atoms with Crippen LogP contribution in [0, 0.1) is 87.8 Å². The monoisotopic (exact) mass is 1030 g/mol. The Morgan fingerprint density at radius 2 is 1.75 bits per heavy atom. The first-order valence-corrected chi connectivity index (χ1v) is 28.3. The molecule has 75 heavy (non-hydrogen) atoms. The molecule has 8 aliphatic rings. The van der Waals surface area contributed by atoms with E-state index < -0.39 is 69.9 Å². The van der Waals surface area contributed by atoms with Crippen molar-refractivity contribution in [2.75, 3.05) is 19.7 Å². The molecule has 1 aromatic heterocycles. The molecule has 14 nitrogen and oxygen atoms in total. The molecule has 5 fully saturated rings. The third kappa shape index (κ3) is 9.52. The van der Waals surface area contributed by atoms with Crippen LogP contribution in [0.4, 0.5) is 0 Å². The Morgan fingerprint density at radius 1 is 0.960 bits per heavy atom. The van der Waals surface area contributed by atoms with Gasteiger partial charge in [-0.3, -0.25) is 14.4 Å². The molecule has 7 aliphatic carbocycles. The lowest BCUT2D eigenvalue weighted by atomic mass is 9.44. The Balaban J connectivity index is 1.11. The van der Waals surface area contributed by atoms with Crippen molar-refractivity contribution in [2.24, 2.45) is 86.7 Å². The highest BCUT2D eigenvalue weighted by Gasteiger charge is 2.74. The number of allylic oxidation sites excluding steroid dienone is 3. The van der Waals surface area contributed by atoms with E-state index in [0.29, 0.717) is 43.2 Å². The van der Waals surface area contributed by atoms with Gasteiger partial charge in [0.25, 0.3) is 0 Å². The molecular formula is C61H83N5O9. The lowest BCUT2D eigenvalue weighted by molar-refractivity contribution is -0.190. The number of aromatic amines is 1. The Bertz CT molecular complexity index is 2620. The average molecular weight is 1030 g/mol. The van der Waals surface area contributed by atoms with Crippen molar-refractivity contribution < 1.29 is 44.7 Å². The first kappa shape index (κ1) is 53.6. The quantitative estimate of drug-likeness (QED) is 0.0423. The van der Waals surface area contributed by atoms with Crippen molar-refractivity contribution in [3.8, 4) is 11.8 Å². The van der Waals surface area contributed by atoms with E-state index in [4.69, 9.17) is 10.5 Å². The summed E-state index contributed by atoms with van der Waals surface area (Å²) >= 11 is 0. The smallest absolute Gasteiger partial charge is 0.313 e. The van der Waals surface area contributed by atoms with Crippen LogP contribution in [0.2, 0.25) is 0 Å². The van der Waals surface area contributed by atoms with E-state index in [1.807, 2.05) is 55.7 Å². The van der Waals surface area contributed by atoms with Crippen LogP contribution in [0.25, 0.3) is 0 Å². The summed E-state index contributed by atoms with van der Waals surface area (Å²) in [7, 11) is 0. The maximum Gasteiger partial charge on any atom is 0.313 e. The Kier molecular flexibility index (Phi) is 14.9. The molecule has 0 amide bonds. The van der Waals surface area contributed by atoms with E-state index in [2.05, 4.69) is 52.4 Å². The number of ketones is 2. The lowest BCUT2D eigenvalue weighted by Crippen LogP contribution is -2.66. The lowest BCUT2D eigenvalue weighted by Gasteiger charge is -2.62. The summed E-state index contributed by atoms with van der Waals surface area (Å²) in [6.07, 6.45) is 9.66. The number of carbonyl (C=O) groups is 3. The van der Waals surface area contributed by atoms with E-state index >= 15 is 4.79 Å². The molecule has 1 aliphatic heterocycles. The number of aliphatic imine (C=N–C) groups is 1. The Hall–Kier alpha value is -4.78. The zero-order valence-electron chi connectivity index (χ0n) is 44.8. The van der Waals surface area contributed by atoms with Crippen molar-refractivity contribution in [1.29, 1.82) is 0 Å². The number of aliphatic hydroxyl groups is 5. The number of ether oxygens (including phenoxy) is 1. The molecule has 19 atom stereocenters. The van der Waals surface area contributed by atoms with E-state index in [-0.39, 0.29) is 111 Å². The van der Waals surface area contributed by atoms with Crippen molar-refractivity contribution >= 4 is 23.5 Å². The molecule has 14 heteroatoms. The summed E-state index contributed by atoms with van der Waals surface area (Å²) in [5.74, 6) is 4.92. The number of rotatable bonds is 10. The highest BCUT2D eigenvalue weighted by atomic mass is 16.5. The van der Waals surface area contributed by atoms with Crippen LogP contribution in [0.5, 0.6) is 0 Å². The standard InChI is InChI=1S/C61H83N5O9/c1-34-14-15-38-16-17-42-35(2)25-50(70)59(5,73)55-40(13-9-12-39(26-44(42)43(38)24-34)45-33-75-56(72)51(45)41-19-22-63-32-41)28-61(74)52-46(18-20-60(55,61)21-23-64-57(62)66-31-37-10-7-6-8-11-37)58(4)29-49(69)48(68)27-47(58)54(71)53(52)65-30-36(3)67/h6-8,10-11,16,19,22,32,34-35,39-40,42-51,55,63,65,68-70,73-74H,13-15,17-18,20-21,23-31,33H2,1-5H3,(H3,62,64,66)/t34-,35+,39-,40-,42-,43+,44+,45-,46-,47-,48+,49-,50+,51-,55+,58+,59-,60-,61+/m0/s1. The normalized spacial score (nSPS) is 42.8. The first-order chi connectivity index (χ1) is 35.8. The SMILES string of the molecule is CC(=O)CNC1=C2[C@H](CC[C@]3(CCNC(N)=NCc4ccccc4)[C@@H]4[C@@H](CC#C[C@H]([C@@H]5COC(=O)[C@H]5c5cc[nH]c5)C[C@@H]5[C@@H](CC=C6CC[C@H](C)C[C@H]65)[C@H](C)C[C@@H](O)[C@]4(C)O)C[C@@]23O)[C@@]2(C)C[C@H](O)[C@H](O)C[C@H]2C1=O. The second-order valence-electron chi connectivity index (χ2n) is 25.3. The second-order valence-corrected chi connectivity index (χ2v) is 25.3. The maximum atomic E-state index is 15.2. The molecule has 1 aromatic carbocycles. The van der Waals surface area contributed by atoms with E-state index in [9.17, 15) is 35.1 Å². The Labute approximate surface area is 443 Å². The number of fused-ring (bicyclic) bond motifs is 10. The van der Waals surface area contributed by atoms with Gasteiger partial charge in [0.05, 0.1) is 60.8 Å². The van der Waals surface area contributed by atoms with Gasteiger partial charge >= 0.3 is 5.97 Å². The van der Waals surface area contributed by atoms with Gasteiger partial charge in [-0.05, 0) is 161 Å². The van der Waals surface area contributed by atoms with Crippen molar-refractivity contribution in [3.05, 3.63) is 82.8 Å². The fraction of sp³-hybridized carbons (Fsp3) is 0.672. The predicted octanol–water partition coefficient (Wildman–Crippen LogP) is 6.23. The number of cyclic esters (lactones) is 1. The van der Waals surface area contributed by atoms with Crippen molar-refractivity contribution in [3.63, 3.8) is 0 Å². The molecule has 10 rings (SSSR count). The molecule has 0 bridgehead atoms. The Morgan fingerprint density at radius 3 is 2.49 bits per heavy atom. The molecule has 2 heterocycles. The topological polar surface area (TPSA) is 240 Å². The molecule has 4 saturated carbocycles. The van der Waals surface area contributed by atoms with Crippen LogP contribution >= 0.6 is 0 Å². The van der Waals surface area contributed by atoms with Crippen LogP contribution in [-0.4, -0.2) is 103 Å². The van der Waals surface area contributed by atoms with E-state index in [0.717, 1.165) is 43.2 Å². The number of nitrogens with one attached hydrogen (secondary N) is 3.